The minimum atomic E-state index is -0.706. The van der Waals surface area contributed by atoms with Crippen LogP contribution >= 0.6 is 46.6 Å². The monoisotopic (exact) mass is 520 g/mol. The summed E-state index contributed by atoms with van der Waals surface area (Å²) in [7, 11) is 1.57. The third-order valence-electron chi connectivity index (χ3n) is 5.05. The number of amides is 2. The molecule has 3 aromatic rings. The van der Waals surface area contributed by atoms with E-state index in [4.69, 9.17) is 34.8 Å². The molecule has 1 N–H and O–H groups in total. The summed E-state index contributed by atoms with van der Waals surface area (Å²) in [5.74, 6) is -0.256. The number of nitrogens with one attached hydrogen (secondary N) is 1. The molecule has 0 fully saturated rings. The van der Waals surface area contributed by atoms with Crippen LogP contribution in [0.1, 0.15) is 11.1 Å². The van der Waals surface area contributed by atoms with Gasteiger partial charge in [0.1, 0.15) is 6.04 Å². The quantitative estimate of drug-likeness (QED) is 0.345. The maximum absolute atomic E-state index is 13.4. The molecule has 8 heteroatoms. The van der Waals surface area contributed by atoms with Gasteiger partial charge in [-0.1, -0.05) is 71.2 Å². The summed E-state index contributed by atoms with van der Waals surface area (Å²) in [5.41, 5.74) is 1.67. The highest BCUT2D eigenvalue weighted by atomic mass is 35.5. The van der Waals surface area contributed by atoms with Gasteiger partial charge in [0.05, 0.1) is 5.75 Å². The summed E-state index contributed by atoms with van der Waals surface area (Å²) < 4.78 is 0. The fourth-order valence-corrected chi connectivity index (χ4v) is 4.69. The van der Waals surface area contributed by atoms with E-state index in [2.05, 4.69) is 5.32 Å². The van der Waals surface area contributed by atoms with Crippen LogP contribution in [-0.2, 0) is 22.6 Å². The van der Waals surface area contributed by atoms with Gasteiger partial charge in [-0.15, -0.1) is 11.8 Å². The first-order chi connectivity index (χ1) is 15.9. The Labute approximate surface area is 213 Å². The molecule has 3 rings (SSSR count). The first-order valence-corrected chi connectivity index (χ1v) is 12.4. The van der Waals surface area contributed by atoms with E-state index in [1.165, 1.54) is 11.8 Å². The number of hydrogen-bond donors (Lipinski definition) is 1. The van der Waals surface area contributed by atoms with Gasteiger partial charge in [0, 0.05) is 40.0 Å². The van der Waals surface area contributed by atoms with E-state index in [0.29, 0.717) is 27.1 Å². The molecule has 0 aliphatic heterocycles. The fraction of sp³-hybridized carbons (Fsp3) is 0.200. The number of likely N-dealkylation sites (N-methyl/N-ethyl adjacent to an activating group) is 1. The average molecular weight is 522 g/mol. The molecule has 0 aliphatic carbocycles. The lowest BCUT2D eigenvalue weighted by molar-refractivity contribution is -0.139. The van der Waals surface area contributed by atoms with E-state index in [-0.39, 0.29) is 24.1 Å². The zero-order chi connectivity index (χ0) is 23.8. The minimum absolute atomic E-state index is 0.162. The molecule has 0 spiro atoms. The number of nitrogens with zero attached hydrogens (tertiary/aromatic N) is 1. The third-order valence-corrected chi connectivity index (χ3v) is 6.88. The minimum Gasteiger partial charge on any atom is -0.357 e. The SMILES string of the molecule is CNC(=O)[C@H](Cc1ccccc1)N(Cc1ccc(Cl)cc1Cl)C(=O)CSc1ccc(Cl)cc1. The largest absolute Gasteiger partial charge is 0.357 e. The normalized spacial score (nSPS) is 11.6. The van der Waals surface area contributed by atoms with Gasteiger partial charge in [-0.25, -0.2) is 0 Å². The van der Waals surface area contributed by atoms with Crippen molar-refractivity contribution in [3.63, 3.8) is 0 Å². The van der Waals surface area contributed by atoms with Crippen LogP contribution in [0, 0.1) is 0 Å². The number of rotatable bonds is 9. The van der Waals surface area contributed by atoms with Crippen molar-refractivity contribution >= 4 is 58.4 Å². The lowest BCUT2D eigenvalue weighted by Crippen LogP contribution is -2.50. The highest BCUT2D eigenvalue weighted by molar-refractivity contribution is 8.00. The Bertz CT molecular complexity index is 1090. The van der Waals surface area contributed by atoms with Crippen molar-refractivity contribution in [3.8, 4) is 0 Å². The Kier molecular flexibility index (Phi) is 9.51. The summed E-state index contributed by atoms with van der Waals surface area (Å²) in [6.45, 7) is 0.181. The number of benzene rings is 3. The number of carbonyl (C=O) groups is 2. The second-order valence-corrected chi connectivity index (χ2v) is 9.65. The van der Waals surface area contributed by atoms with Gasteiger partial charge in [-0.05, 0) is 47.5 Å². The van der Waals surface area contributed by atoms with Crippen molar-refractivity contribution in [2.75, 3.05) is 12.8 Å². The van der Waals surface area contributed by atoms with Gasteiger partial charge in [0.2, 0.25) is 11.8 Å². The predicted octanol–water partition coefficient (Wildman–Crippen LogP) is 6.13. The molecule has 33 heavy (non-hydrogen) atoms. The third kappa shape index (κ3) is 7.41. The second kappa shape index (κ2) is 12.3. The zero-order valence-electron chi connectivity index (χ0n) is 17.9. The summed E-state index contributed by atoms with van der Waals surface area (Å²) in [6.07, 6.45) is 0.378. The van der Waals surface area contributed by atoms with Crippen molar-refractivity contribution in [1.29, 1.82) is 0 Å². The first-order valence-electron chi connectivity index (χ1n) is 10.2. The van der Waals surface area contributed by atoms with Crippen LogP contribution in [0.25, 0.3) is 0 Å². The molecular formula is C25H23Cl3N2O2S. The van der Waals surface area contributed by atoms with Crippen LogP contribution in [0.5, 0.6) is 0 Å². The van der Waals surface area contributed by atoms with Crippen LogP contribution in [0.3, 0.4) is 0 Å². The highest BCUT2D eigenvalue weighted by Gasteiger charge is 2.30. The van der Waals surface area contributed by atoms with Crippen LogP contribution in [0.15, 0.2) is 77.7 Å². The van der Waals surface area contributed by atoms with Gasteiger partial charge < -0.3 is 10.2 Å². The number of thioether (sulfide) groups is 1. The van der Waals surface area contributed by atoms with E-state index in [1.807, 2.05) is 42.5 Å². The van der Waals surface area contributed by atoms with Gasteiger partial charge in [0.25, 0.3) is 0 Å². The molecule has 0 heterocycles. The Morgan fingerprint density at radius 2 is 1.61 bits per heavy atom. The van der Waals surface area contributed by atoms with Crippen molar-refractivity contribution in [1.82, 2.24) is 10.2 Å². The fourth-order valence-electron chi connectivity index (χ4n) is 3.31. The number of hydrogen-bond acceptors (Lipinski definition) is 3. The topological polar surface area (TPSA) is 49.4 Å². The lowest BCUT2D eigenvalue weighted by Gasteiger charge is -2.31. The predicted molar refractivity (Wildman–Crippen MR) is 137 cm³/mol. The number of carbonyl (C=O) groups excluding carboxylic acids is 2. The molecule has 0 saturated carbocycles. The van der Waals surface area contributed by atoms with Crippen molar-refractivity contribution in [2.24, 2.45) is 0 Å². The Morgan fingerprint density at radius 3 is 2.24 bits per heavy atom. The van der Waals surface area contributed by atoms with E-state index in [0.717, 1.165) is 10.5 Å². The van der Waals surface area contributed by atoms with Crippen molar-refractivity contribution in [3.05, 3.63) is 99.0 Å². The summed E-state index contributed by atoms with van der Waals surface area (Å²) in [6, 6.07) is 21.3. The van der Waals surface area contributed by atoms with E-state index >= 15 is 0 Å². The molecule has 3 aromatic carbocycles. The molecule has 0 unspecified atom stereocenters. The number of halogens is 3. The van der Waals surface area contributed by atoms with Crippen molar-refractivity contribution in [2.45, 2.75) is 23.9 Å². The highest BCUT2D eigenvalue weighted by Crippen LogP contribution is 2.26. The maximum Gasteiger partial charge on any atom is 0.242 e. The molecule has 1 atom stereocenters. The van der Waals surface area contributed by atoms with Crippen LogP contribution in [0.2, 0.25) is 15.1 Å². The van der Waals surface area contributed by atoms with E-state index in [1.54, 1.807) is 42.3 Å². The van der Waals surface area contributed by atoms with Gasteiger partial charge in [-0.3, -0.25) is 9.59 Å². The standard InChI is InChI=1S/C25H23Cl3N2O2S/c1-29-25(32)23(13-17-5-3-2-4-6-17)30(15-18-7-8-20(27)14-22(18)28)24(31)16-33-21-11-9-19(26)10-12-21/h2-12,14,23H,13,15-16H2,1H3,(H,29,32)/t23-/m0/s1. The maximum atomic E-state index is 13.4. The first kappa shape index (κ1) is 25.4. The zero-order valence-corrected chi connectivity index (χ0v) is 21.0. The van der Waals surface area contributed by atoms with Gasteiger partial charge in [0.15, 0.2) is 0 Å². The molecule has 0 radical (unpaired) electrons. The Balaban J connectivity index is 1.89. The Hall–Kier alpha value is -2.18. The smallest absolute Gasteiger partial charge is 0.242 e. The molecule has 4 nitrogen and oxygen atoms in total. The second-order valence-electron chi connectivity index (χ2n) is 7.32. The van der Waals surface area contributed by atoms with Gasteiger partial charge in [-0.2, -0.15) is 0 Å². The summed E-state index contributed by atoms with van der Waals surface area (Å²) in [4.78, 5) is 28.9. The molecule has 0 aliphatic rings. The Morgan fingerprint density at radius 1 is 0.939 bits per heavy atom. The molecular weight excluding hydrogens is 499 g/mol. The lowest BCUT2D eigenvalue weighted by atomic mass is 10.0. The van der Waals surface area contributed by atoms with E-state index in [9.17, 15) is 9.59 Å². The molecule has 2 amide bonds. The van der Waals surface area contributed by atoms with Crippen LogP contribution in [0.4, 0.5) is 0 Å². The molecule has 0 aromatic heterocycles. The van der Waals surface area contributed by atoms with Crippen LogP contribution < -0.4 is 5.32 Å². The molecule has 0 bridgehead atoms. The van der Waals surface area contributed by atoms with Crippen LogP contribution in [-0.4, -0.2) is 35.6 Å². The molecule has 0 saturated heterocycles. The summed E-state index contributed by atoms with van der Waals surface area (Å²) >= 11 is 19.8. The average Bonchev–Trinajstić information content (AvgIpc) is 2.82. The van der Waals surface area contributed by atoms with Crippen molar-refractivity contribution < 1.29 is 9.59 Å². The summed E-state index contributed by atoms with van der Waals surface area (Å²) in [5, 5.41) is 4.29. The molecule has 172 valence electrons. The van der Waals surface area contributed by atoms with E-state index < -0.39 is 6.04 Å². The van der Waals surface area contributed by atoms with Gasteiger partial charge >= 0.3 is 0 Å².